The van der Waals surface area contributed by atoms with E-state index in [0.717, 1.165) is 16.4 Å². The van der Waals surface area contributed by atoms with Gasteiger partial charge in [-0.05, 0) is 44.5 Å². The second-order valence-corrected chi connectivity index (χ2v) is 9.41. The third-order valence-electron chi connectivity index (χ3n) is 5.80. The molecule has 0 N–H and O–H groups in total. The Hall–Kier alpha value is -3.45. The summed E-state index contributed by atoms with van der Waals surface area (Å²) in [6.45, 7) is 6.72. The van der Waals surface area contributed by atoms with Gasteiger partial charge in [0, 0.05) is 49.1 Å². The molecule has 0 radical (unpaired) electrons. The quantitative estimate of drug-likeness (QED) is 0.428. The monoisotopic (exact) mass is 510 g/mol. The first-order valence-corrected chi connectivity index (χ1v) is 12.4. The number of hydrogen-bond acceptors (Lipinski definition) is 8. The molecule has 190 valence electrons. The molecule has 0 bridgehead atoms. The number of rotatable bonds is 7. The number of amides is 1. The number of piperidine rings is 1. The molecule has 1 atom stereocenters. The summed E-state index contributed by atoms with van der Waals surface area (Å²) in [5.74, 6) is 2.14. The summed E-state index contributed by atoms with van der Waals surface area (Å²) in [4.78, 5) is 26.7. The molecule has 3 heterocycles. The van der Waals surface area contributed by atoms with Crippen molar-refractivity contribution < 1.29 is 23.7 Å². The van der Waals surface area contributed by atoms with E-state index < -0.39 is 0 Å². The number of methoxy groups -OCH3 is 1. The normalized spacial score (nSPS) is 14.0. The molecule has 9 nitrogen and oxygen atoms in total. The summed E-state index contributed by atoms with van der Waals surface area (Å²) in [5, 5.41) is 0.879. The van der Waals surface area contributed by atoms with Gasteiger partial charge >= 0.3 is 6.09 Å². The lowest BCUT2D eigenvalue weighted by Crippen LogP contribution is -2.42. The van der Waals surface area contributed by atoms with Crippen molar-refractivity contribution in [1.82, 2.24) is 19.9 Å². The Morgan fingerprint density at radius 3 is 2.42 bits per heavy atom. The van der Waals surface area contributed by atoms with E-state index in [4.69, 9.17) is 18.9 Å². The molecule has 1 aromatic carbocycles. The topological polar surface area (TPSA) is 95.9 Å². The van der Waals surface area contributed by atoms with Crippen LogP contribution in [0.4, 0.5) is 4.79 Å². The Morgan fingerprint density at radius 2 is 1.78 bits per heavy atom. The minimum absolute atomic E-state index is 0.0516. The van der Waals surface area contributed by atoms with Gasteiger partial charge in [-0.3, -0.25) is 0 Å². The van der Waals surface area contributed by atoms with Crippen molar-refractivity contribution in [3.8, 4) is 34.5 Å². The third kappa shape index (κ3) is 6.21. The highest BCUT2D eigenvalue weighted by Gasteiger charge is 2.26. The molecule has 0 spiro atoms. The molecule has 3 aromatic rings. The smallest absolute Gasteiger partial charge is 0.410 e. The van der Waals surface area contributed by atoms with Gasteiger partial charge < -0.3 is 23.8 Å². The number of likely N-dealkylation sites (tertiary alicyclic amines) is 1. The van der Waals surface area contributed by atoms with Crippen LogP contribution in [-0.2, 0) is 4.74 Å². The van der Waals surface area contributed by atoms with Crippen molar-refractivity contribution in [2.24, 2.45) is 0 Å². The van der Waals surface area contributed by atoms with Crippen LogP contribution in [0.1, 0.15) is 32.3 Å². The minimum Gasteiger partial charge on any atom is -0.481 e. The van der Waals surface area contributed by atoms with Crippen molar-refractivity contribution >= 4 is 20.6 Å². The lowest BCUT2D eigenvalue weighted by Gasteiger charge is -2.31. The van der Waals surface area contributed by atoms with Crippen molar-refractivity contribution in [3.63, 3.8) is 0 Å². The van der Waals surface area contributed by atoms with Gasteiger partial charge in [-0.25, -0.2) is 19.7 Å². The molecular formula is C26H31N4O5P. The molecule has 4 rings (SSSR count). The Balaban J connectivity index is 1.40. The van der Waals surface area contributed by atoms with Gasteiger partial charge in [0.25, 0.3) is 0 Å². The predicted octanol–water partition coefficient (Wildman–Crippen LogP) is 4.54. The van der Waals surface area contributed by atoms with E-state index >= 15 is 0 Å². The molecule has 1 saturated heterocycles. The first kappa shape index (κ1) is 25.6. The van der Waals surface area contributed by atoms with Gasteiger partial charge in [0.1, 0.15) is 18.2 Å². The largest absolute Gasteiger partial charge is 0.481 e. The van der Waals surface area contributed by atoms with Crippen LogP contribution in [0.25, 0.3) is 11.1 Å². The van der Waals surface area contributed by atoms with Crippen molar-refractivity contribution in [3.05, 3.63) is 48.4 Å². The summed E-state index contributed by atoms with van der Waals surface area (Å²) in [6, 6.07) is 9.67. The van der Waals surface area contributed by atoms with E-state index in [-0.39, 0.29) is 18.3 Å². The van der Waals surface area contributed by atoms with Crippen molar-refractivity contribution in [1.29, 1.82) is 0 Å². The van der Waals surface area contributed by atoms with Crippen LogP contribution in [0.5, 0.6) is 23.4 Å². The average Bonchev–Trinajstić information content (AvgIpc) is 2.87. The standard InChI is InChI=1S/C26H31N4O5P/c1-16(2)33-26(31)30-11-9-20(10-12-30)34-24-17(3)25(29-15-28-24)35-21-7-5-18(13-22(21)36)19-6-8-23(32-4)27-14-19/h5-8,13-16,20H,9-12,36H2,1-4H3. The first-order valence-electron chi connectivity index (χ1n) is 11.9. The fourth-order valence-electron chi connectivity index (χ4n) is 3.83. The highest BCUT2D eigenvalue weighted by molar-refractivity contribution is 7.27. The summed E-state index contributed by atoms with van der Waals surface area (Å²) >= 11 is 0. The SMILES string of the molecule is COc1ccc(-c2ccc(Oc3ncnc(OC4CCN(C(=O)OC(C)C)CC4)c3C)c(P)c2)cn1. The maximum Gasteiger partial charge on any atom is 0.410 e. The molecule has 0 aliphatic carbocycles. The van der Waals surface area contributed by atoms with Gasteiger partial charge in [-0.2, -0.15) is 0 Å². The number of benzene rings is 1. The Labute approximate surface area is 213 Å². The van der Waals surface area contributed by atoms with Crippen molar-refractivity contribution in [2.45, 2.75) is 45.8 Å². The highest BCUT2D eigenvalue weighted by atomic mass is 31.0. The van der Waals surface area contributed by atoms with Crippen molar-refractivity contribution in [2.75, 3.05) is 20.2 Å². The number of aromatic nitrogens is 3. The number of ether oxygens (including phenoxy) is 4. The highest BCUT2D eigenvalue weighted by Crippen LogP contribution is 2.30. The van der Waals surface area contributed by atoms with Gasteiger partial charge in [0.2, 0.25) is 17.6 Å². The maximum absolute atomic E-state index is 12.1. The number of carbonyl (C=O) groups excluding carboxylic acids is 1. The van der Waals surface area contributed by atoms with E-state index in [1.807, 2.05) is 51.1 Å². The van der Waals surface area contributed by atoms with Crippen LogP contribution in [0.2, 0.25) is 0 Å². The summed E-state index contributed by atoms with van der Waals surface area (Å²) in [5.41, 5.74) is 2.70. The number of pyridine rings is 1. The van der Waals surface area contributed by atoms with E-state index in [1.165, 1.54) is 6.33 Å². The minimum atomic E-state index is -0.278. The van der Waals surface area contributed by atoms with E-state index in [0.29, 0.717) is 54.9 Å². The Morgan fingerprint density at radius 1 is 1.06 bits per heavy atom. The van der Waals surface area contributed by atoms with Gasteiger partial charge in [-0.15, -0.1) is 9.24 Å². The van der Waals surface area contributed by atoms with Crippen LogP contribution >= 0.6 is 9.24 Å². The zero-order valence-corrected chi connectivity index (χ0v) is 22.1. The lowest BCUT2D eigenvalue weighted by atomic mass is 10.1. The molecule has 1 unspecified atom stereocenters. The van der Waals surface area contributed by atoms with E-state index in [9.17, 15) is 4.79 Å². The zero-order chi connectivity index (χ0) is 25.7. The fourth-order valence-corrected chi connectivity index (χ4v) is 4.16. The molecule has 10 heteroatoms. The molecule has 1 amide bonds. The molecule has 2 aromatic heterocycles. The Kier molecular flexibility index (Phi) is 8.21. The molecule has 0 saturated carbocycles. The molecular weight excluding hydrogens is 479 g/mol. The maximum atomic E-state index is 12.1. The average molecular weight is 511 g/mol. The van der Waals surface area contributed by atoms with Crippen LogP contribution in [0, 0.1) is 6.92 Å². The zero-order valence-electron chi connectivity index (χ0n) is 20.9. The number of carbonyl (C=O) groups is 1. The van der Waals surface area contributed by atoms with Crippen LogP contribution in [0.3, 0.4) is 0 Å². The number of nitrogens with zero attached hydrogens (tertiary/aromatic N) is 4. The fraction of sp³-hybridized carbons (Fsp3) is 0.385. The van der Waals surface area contributed by atoms with Crippen LogP contribution < -0.4 is 19.5 Å². The second kappa shape index (κ2) is 11.5. The first-order chi connectivity index (χ1) is 17.3. The molecule has 1 fully saturated rings. The summed E-state index contributed by atoms with van der Waals surface area (Å²) in [7, 11) is 4.30. The van der Waals surface area contributed by atoms with Gasteiger partial charge in [-0.1, -0.05) is 6.07 Å². The lowest BCUT2D eigenvalue weighted by molar-refractivity contribution is 0.0505. The van der Waals surface area contributed by atoms with Gasteiger partial charge in [0.05, 0.1) is 18.8 Å². The van der Waals surface area contributed by atoms with Gasteiger partial charge in [0.15, 0.2) is 0 Å². The second-order valence-electron chi connectivity index (χ2n) is 8.79. The predicted molar refractivity (Wildman–Crippen MR) is 139 cm³/mol. The van der Waals surface area contributed by atoms with E-state index in [1.54, 1.807) is 18.2 Å². The molecule has 36 heavy (non-hydrogen) atoms. The van der Waals surface area contributed by atoms with E-state index in [2.05, 4.69) is 24.2 Å². The molecule has 1 aliphatic heterocycles. The third-order valence-corrected chi connectivity index (χ3v) is 6.25. The Bertz CT molecular complexity index is 1200. The summed E-state index contributed by atoms with van der Waals surface area (Å²) in [6.07, 6.45) is 4.14. The number of hydrogen-bond donors (Lipinski definition) is 0. The van der Waals surface area contributed by atoms with Crippen LogP contribution in [-0.4, -0.2) is 58.4 Å². The summed E-state index contributed by atoms with van der Waals surface area (Å²) < 4.78 is 22.7. The van der Waals surface area contributed by atoms with Crippen LogP contribution in [0.15, 0.2) is 42.9 Å². The molecule has 1 aliphatic rings.